The summed E-state index contributed by atoms with van der Waals surface area (Å²) in [6.07, 6.45) is 0. The first kappa shape index (κ1) is 21.0. The third-order valence-corrected chi connectivity index (χ3v) is 4.70. The van der Waals surface area contributed by atoms with E-state index in [1.54, 1.807) is 31.4 Å². The van der Waals surface area contributed by atoms with Crippen LogP contribution in [0.25, 0.3) is 0 Å². The average molecular weight is 395 g/mol. The Morgan fingerprint density at radius 1 is 1.19 bits per heavy atom. The second-order valence-electron chi connectivity index (χ2n) is 5.97. The van der Waals surface area contributed by atoms with Gasteiger partial charge >= 0.3 is 6.03 Å². The molecule has 0 fully saturated rings. The molecule has 0 saturated carbocycles. The number of benzene rings is 2. The number of alkyl halides is 2. The highest BCUT2D eigenvalue weighted by Crippen LogP contribution is 2.31. The first-order chi connectivity index (χ1) is 12.9. The van der Waals surface area contributed by atoms with E-state index in [1.807, 2.05) is 43.3 Å². The number of carbonyl (C=O) groups is 1. The van der Waals surface area contributed by atoms with Crippen LogP contribution in [0.15, 0.2) is 53.4 Å². The summed E-state index contributed by atoms with van der Waals surface area (Å²) in [4.78, 5) is 14.6. The molecule has 1 atom stereocenters. The molecule has 0 bridgehead atoms. The molecule has 2 rings (SSSR count). The number of para-hydroxylation sites is 1. The van der Waals surface area contributed by atoms with E-state index in [4.69, 9.17) is 4.74 Å². The van der Waals surface area contributed by atoms with Crippen molar-refractivity contribution in [3.8, 4) is 5.75 Å². The highest BCUT2D eigenvalue weighted by molar-refractivity contribution is 7.99. The zero-order valence-electron chi connectivity index (χ0n) is 15.4. The van der Waals surface area contributed by atoms with Crippen molar-refractivity contribution in [3.05, 3.63) is 54.1 Å². The maximum absolute atomic E-state index is 12.6. The highest BCUT2D eigenvalue weighted by atomic mass is 32.2. The van der Waals surface area contributed by atoms with Crippen LogP contribution in [0, 0.1) is 0 Å². The van der Waals surface area contributed by atoms with Crippen molar-refractivity contribution in [1.29, 1.82) is 0 Å². The monoisotopic (exact) mass is 395 g/mol. The average Bonchev–Trinajstić information content (AvgIpc) is 2.63. The van der Waals surface area contributed by atoms with Crippen molar-refractivity contribution in [2.75, 3.05) is 33.1 Å². The normalized spacial score (nSPS) is 12.1. The predicted molar refractivity (Wildman–Crippen MR) is 105 cm³/mol. The summed E-state index contributed by atoms with van der Waals surface area (Å²) in [5.74, 6) is -1.82. The molecule has 2 aromatic carbocycles. The molecule has 2 amide bonds. The number of ether oxygens (including phenoxy) is 1. The summed E-state index contributed by atoms with van der Waals surface area (Å²) >= 11 is 0.399. The molecule has 0 spiro atoms. The van der Waals surface area contributed by atoms with Crippen LogP contribution in [0.2, 0.25) is 0 Å². The molecular formula is C19H23F2N3O2S. The number of methoxy groups -OCH3 is 1. The third kappa shape index (κ3) is 6.41. The maximum atomic E-state index is 12.6. The molecule has 2 aromatic rings. The Morgan fingerprint density at radius 3 is 2.59 bits per heavy atom. The number of urea groups is 1. The van der Waals surface area contributed by atoms with Crippen LogP contribution in [-0.2, 0) is 0 Å². The second kappa shape index (κ2) is 10.1. The summed E-state index contributed by atoms with van der Waals surface area (Å²) in [6.45, 7) is 0.343. The van der Waals surface area contributed by atoms with Gasteiger partial charge in [-0.15, -0.1) is 0 Å². The van der Waals surface area contributed by atoms with Crippen LogP contribution < -0.4 is 15.4 Å². The zero-order valence-corrected chi connectivity index (χ0v) is 16.2. The quantitative estimate of drug-likeness (QED) is 0.649. The lowest BCUT2D eigenvalue weighted by Crippen LogP contribution is -2.37. The molecule has 0 saturated heterocycles. The molecule has 146 valence electrons. The van der Waals surface area contributed by atoms with E-state index in [0.717, 1.165) is 11.3 Å². The van der Waals surface area contributed by atoms with Crippen molar-refractivity contribution in [3.63, 3.8) is 0 Å². The number of anilines is 1. The third-order valence-electron chi connectivity index (χ3n) is 3.91. The number of nitrogens with one attached hydrogen (secondary N) is 2. The van der Waals surface area contributed by atoms with E-state index in [2.05, 4.69) is 10.6 Å². The first-order valence-corrected chi connectivity index (χ1v) is 9.17. The second-order valence-corrected chi connectivity index (χ2v) is 7.00. The Kier molecular flexibility index (Phi) is 7.87. The molecular weight excluding hydrogens is 372 g/mol. The summed E-state index contributed by atoms with van der Waals surface area (Å²) in [6, 6.07) is 13.6. The lowest BCUT2D eigenvalue weighted by molar-refractivity contribution is 0.243. The van der Waals surface area contributed by atoms with Crippen molar-refractivity contribution < 1.29 is 18.3 Å². The van der Waals surface area contributed by atoms with Gasteiger partial charge in [-0.2, -0.15) is 8.78 Å². The van der Waals surface area contributed by atoms with Gasteiger partial charge in [0.05, 0.1) is 18.8 Å². The van der Waals surface area contributed by atoms with Gasteiger partial charge in [0.15, 0.2) is 0 Å². The SMILES string of the molecule is COc1cccc(C(CNC(=O)Nc2ccccc2SC(F)F)N(C)C)c1. The van der Waals surface area contributed by atoms with Crippen molar-refractivity contribution in [1.82, 2.24) is 10.2 Å². The van der Waals surface area contributed by atoms with Crippen LogP contribution in [0.1, 0.15) is 11.6 Å². The number of hydrogen-bond donors (Lipinski definition) is 2. The van der Waals surface area contributed by atoms with Crippen LogP contribution in [0.5, 0.6) is 5.75 Å². The Balaban J connectivity index is 2.02. The fraction of sp³-hybridized carbons (Fsp3) is 0.316. The maximum Gasteiger partial charge on any atom is 0.319 e. The minimum atomic E-state index is -2.55. The van der Waals surface area contributed by atoms with E-state index in [9.17, 15) is 13.6 Å². The van der Waals surface area contributed by atoms with Gasteiger partial charge in [0.1, 0.15) is 5.75 Å². The number of halogens is 2. The van der Waals surface area contributed by atoms with E-state index < -0.39 is 11.8 Å². The number of rotatable bonds is 8. The lowest BCUT2D eigenvalue weighted by Gasteiger charge is -2.25. The first-order valence-electron chi connectivity index (χ1n) is 8.29. The largest absolute Gasteiger partial charge is 0.497 e. The van der Waals surface area contributed by atoms with Crippen LogP contribution >= 0.6 is 11.8 Å². The van der Waals surface area contributed by atoms with Crippen molar-refractivity contribution in [2.45, 2.75) is 16.7 Å². The fourth-order valence-corrected chi connectivity index (χ4v) is 3.17. The summed E-state index contributed by atoms with van der Waals surface area (Å²) < 4.78 is 30.6. The van der Waals surface area contributed by atoms with Gasteiger partial charge in [0.2, 0.25) is 0 Å². The molecule has 2 N–H and O–H groups in total. The molecule has 0 heterocycles. The molecule has 0 aromatic heterocycles. The molecule has 0 aliphatic heterocycles. The summed E-state index contributed by atoms with van der Waals surface area (Å²) in [7, 11) is 5.43. The Morgan fingerprint density at radius 2 is 1.93 bits per heavy atom. The minimum absolute atomic E-state index is 0.0727. The van der Waals surface area contributed by atoms with E-state index in [1.165, 1.54) is 0 Å². The zero-order chi connectivity index (χ0) is 19.8. The highest BCUT2D eigenvalue weighted by Gasteiger charge is 2.17. The number of amides is 2. The number of thioether (sulfide) groups is 1. The smallest absolute Gasteiger partial charge is 0.319 e. The van der Waals surface area contributed by atoms with Crippen LogP contribution in [0.3, 0.4) is 0 Å². The molecule has 0 aliphatic rings. The lowest BCUT2D eigenvalue weighted by atomic mass is 10.1. The minimum Gasteiger partial charge on any atom is -0.497 e. The molecule has 27 heavy (non-hydrogen) atoms. The van der Waals surface area contributed by atoms with Gasteiger partial charge in [-0.25, -0.2) is 4.79 Å². The van der Waals surface area contributed by atoms with E-state index in [0.29, 0.717) is 28.9 Å². The van der Waals surface area contributed by atoms with Gasteiger partial charge < -0.3 is 20.3 Å². The van der Waals surface area contributed by atoms with Gasteiger partial charge in [-0.3, -0.25) is 0 Å². The Hall–Kier alpha value is -2.32. The van der Waals surface area contributed by atoms with Crippen molar-refractivity contribution in [2.24, 2.45) is 0 Å². The standard InChI is InChI=1S/C19H23F2N3O2S/c1-24(2)16(13-7-6-8-14(11-13)26-3)12-22-19(25)23-15-9-4-5-10-17(15)27-18(20)21/h4-11,16,18H,12H2,1-3H3,(H2,22,23,25). The number of carbonyl (C=O) groups excluding carboxylic acids is 1. The topological polar surface area (TPSA) is 53.6 Å². The van der Waals surface area contributed by atoms with Gasteiger partial charge in [0, 0.05) is 11.4 Å². The van der Waals surface area contributed by atoms with E-state index >= 15 is 0 Å². The van der Waals surface area contributed by atoms with E-state index in [-0.39, 0.29) is 6.04 Å². The van der Waals surface area contributed by atoms with Gasteiger partial charge in [-0.1, -0.05) is 36.0 Å². The molecule has 1 unspecified atom stereocenters. The van der Waals surface area contributed by atoms with Gasteiger partial charge in [-0.05, 0) is 43.9 Å². The van der Waals surface area contributed by atoms with Crippen molar-refractivity contribution >= 4 is 23.5 Å². The molecule has 0 radical (unpaired) electrons. The molecule has 0 aliphatic carbocycles. The van der Waals surface area contributed by atoms with Crippen LogP contribution in [-0.4, -0.2) is 44.4 Å². The van der Waals surface area contributed by atoms with Gasteiger partial charge in [0.25, 0.3) is 5.76 Å². The predicted octanol–water partition coefficient (Wildman–Crippen LogP) is 4.43. The number of likely N-dealkylation sites (N-methyl/N-ethyl adjacent to an activating group) is 1. The fourth-order valence-electron chi connectivity index (χ4n) is 2.57. The van der Waals surface area contributed by atoms with Crippen LogP contribution in [0.4, 0.5) is 19.3 Å². The summed E-state index contributed by atoms with van der Waals surface area (Å²) in [5.41, 5.74) is 1.34. The Labute approximate surface area is 162 Å². The summed E-state index contributed by atoms with van der Waals surface area (Å²) in [5, 5.41) is 5.44. The number of nitrogens with zero attached hydrogens (tertiary/aromatic N) is 1. The molecule has 8 heteroatoms. The Bertz CT molecular complexity index is 759. The molecule has 5 nitrogen and oxygen atoms in total. The number of hydrogen-bond acceptors (Lipinski definition) is 4.